The first-order valence-electron chi connectivity index (χ1n) is 8.53. The molecule has 0 unspecified atom stereocenters. The molecule has 0 aliphatic carbocycles. The molecule has 1 aliphatic rings. The fraction of sp³-hybridized carbons (Fsp3) is 0.0952. The summed E-state index contributed by atoms with van der Waals surface area (Å²) < 4.78 is 14.2. The zero-order valence-corrected chi connectivity index (χ0v) is 17.1. The van der Waals surface area contributed by atoms with Crippen LogP contribution in [-0.2, 0) is 6.54 Å². The van der Waals surface area contributed by atoms with Gasteiger partial charge in [0.1, 0.15) is 5.82 Å². The van der Waals surface area contributed by atoms with Crippen molar-refractivity contribution in [2.75, 3.05) is 4.90 Å². The molecule has 0 aromatic heterocycles. The van der Waals surface area contributed by atoms with Crippen molar-refractivity contribution in [3.63, 3.8) is 0 Å². The summed E-state index contributed by atoms with van der Waals surface area (Å²) in [5.41, 5.74) is 2.91. The summed E-state index contributed by atoms with van der Waals surface area (Å²) in [5.74, 6) is -0.250. The second kappa shape index (κ2) is 7.66. The molecule has 1 N–H and O–H groups in total. The van der Waals surface area contributed by atoms with Gasteiger partial charge in [-0.2, -0.15) is 0 Å². The maximum atomic E-state index is 14.2. The third-order valence-corrected chi connectivity index (χ3v) is 6.05. The highest BCUT2D eigenvalue weighted by molar-refractivity contribution is 7.99. The molecule has 4 rings (SSSR count). The molecular weight excluding hydrogens is 418 g/mol. The van der Waals surface area contributed by atoms with E-state index in [1.54, 1.807) is 24.3 Å². The number of halogens is 3. The molecule has 0 bridgehead atoms. The first-order chi connectivity index (χ1) is 13.4. The molecule has 28 heavy (non-hydrogen) atoms. The highest BCUT2D eigenvalue weighted by atomic mass is 35.5. The number of aryl methyl sites for hydroxylation is 1. The van der Waals surface area contributed by atoms with Crippen molar-refractivity contribution in [3.8, 4) is 0 Å². The number of nitrogens with one attached hydrogen (secondary N) is 1. The van der Waals surface area contributed by atoms with Crippen molar-refractivity contribution < 1.29 is 9.18 Å². The zero-order chi connectivity index (χ0) is 19.8. The number of amides is 2. The van der Waals surface area contributed by atoms with Gasteiger partial charge < -0.3 is 5.32 Å². The molecule has 0 saturated heterocycles. The number of hydrogen-bond acceptors (Lipinski definition) is 2. The van der Waals surface area contributed by atoms with Crippen molar-refractivity contribution in [2.24, 2.45) is 0 Å². The fourth-order valence-electron chi connectivity index (χ4n) is 3.08. The number of para-hydroxylation sites is 1. The maximum absolute atomic E-state index is 14.2. The van der Waals surface area contributed by atoms with Crippen LogP contribution in [0.15, 0.2) is 64.4 Å². The zero-order valence-electron chi connectivity index (χ0n) is 14.8. The number of urea groups is 1. The van der Waals surface area contributed by atoms with Crippen LogP contribution in [0.5, 0.6) is 0 Å². The lowest BCUT2D eigenvalue weighted by Crippen LogP contribution is -2.41. The van der Waals surface area contributed by atoms with Gasteiger partial charge in [0, 0.05) is 16.3 Å². The Bertz CT molecular complexity index is 1070. The first-order valence-corrected chi connectivity index (χ1v) is 10.1. The fourth-order valence-corrected chi connectivity index (χ4v) is 4.53. The lowest BCUT2D eigenvalue weighted by atomic mass is 10.1. The van der Waals surface area contributed by atoms with Crippen molar-refractivity contribution in [3.05, 3.63) is 81.6 Å². The minimum Gasteiger partial charge on any atom is -0.333 e. The second-order valence-corrected chi connectivity index (χ2v) is 8.32. The van der Waals surface area contributed by atoms with Gasteiger partial charge in [-0.1, -0.05) is 47.1 Å². The molecule has 0 spiro atoms. The van der Waals surface area contributed by atoms with Crippen LogP contribution in [0.3, 0.4) is 0 Å². The van der Waals surface area contributed by atoms with E-state index in [1.807, 2.05) is 31.2 Å². The van der Waals surface area contributed by atoms with Gasteiger partial charge in [-0.15, -0.1) is 0 Å². The molecule has 0 radical (unpaired) electrons. The molecule has 3 nitrogen and oxygen atoms in total. The lowest BCUT2D eigenvalue weighted by molar-refractivity contribution is 0.247. The smallest absolute Gasteiger partial charge is 0.326 e. The molecular formula is C21H15Cl2FN2OS. The number of hydrogen-bond donors (Lipinski definition) is 1. The maximum Gasteiger partial charge on any atom is 0.326 e. The SMILES string of the molecule is Cc1ccc(Sc2ccc3c(c2)CNC(=O)N3c2c(Cl)cccc2Cl)c(F)c1. The molecule has 1 heterocycles. The summed E-state index contributed by atoms with van der Waals surface area (Å²) in [6.07, 6.45) is 0. The van der Waals surface area contributed by atoms with E-state index in [0.29, 0.717) is 32.9 Å². The minimum atomic E-state index is -0.299. The first kappa shape index (κ1) is 19.1. The molecule has 0 fully saturated rings. The van der Waals surface area contributed by atoms with Crippen molar-refractivity contribution in [1.29, 1.82) is 0 Å². The number of rotatable bonds is 3. The van der Waals surface area contributed by atoms with Gasteiger partial charge in [0.05, 0.1) is 21.4 Å². The molecule has 0 atom stereocenters. The average Bonchev–Trinajstić information content (AvgIpc) is 2.65. The molecule has 3 aromatic carbocycles. The molecule has 3 aromatic rings. The summed E-state index contributed by atoms with van der Waals surface area (Å²) in [4.78, 5) is 15.5. The normalized spacial score (nSPS) is 13.3. The Morgan fingerprint density at radius 1 is 1.07 bits per heavy atom. The molecule has 2 amide bonds. The predicted octanol–water partition coefficient (Wildman–Crippen LogP) is 6.95. The highest BCUT2D eigenvalue weighted by Crippen LogP contribution is 2.42. The predicted molar refractivity (Wildman–Crippen MR) is 113 cm³/mol. The van der Waals surface area contributed by atoms with Crippen LogP contribution in [0.25, 0.3) is 0 Å². The lowest BCUT2D eigenvalue weighted by Gasteiger charge is -2.31. The van der Waals surface area contributed by atoms with Gasteiger partial charge in [0.2, 0.25) is 0 Å². The number of carbonyl (C=O) groups is 1. The Hall–Kier alpha value is -2.21. The van der Waals surface area contributed by atoms with Crippen LogP contribution in [-0.4, -0.2) is 6.03 Å². The van der Waals surface area contributed by atoms with E-state index in [0.717, 1.165) is 16.0 Å². The van der Waals surface area contributed by atoms with E-state index in [1.165, 1.54) is 22.7 Å². The standard InChI is InChI=1S/C21H15Cl2FN2OS/c1-12-5-8-19(17(24)9-12)28-14-6-7-18-13(10-14)11-25-21(27)26(18)20-15(22)3-2-4-16(20)23/h2-10H,11H2,1H3,(H,25,27). The van der Waals surface area contributed by atoms with Crippen LogP contribution in [0, 0.1) is 12.7 Å². The van der Waals surface area contributed by atoms with E-state index in [9.17, 15) is 9.18 Å². The summed E-state index contributed by atoms with van der Waals surface area (Å²) in [6.45, 7) is 2.23. The van der Waals surface area contributed by atoms with Gasteiger partial charge in [-0.25, -0.2) is 9.18 Å². The summed E-state index contributed by atoms with van der Waals surface area (Å²) >= 11 is 14.0. The molecule has 0 saturated carbocycles. The van der Waals surface area contributed by atoms with Crippen molar-refractivity contribution in [1.82, 2.24) is 5.32 Å². The highest BCUT2D eigenvalue weighted by Gasteiger charge is 2.28. The molecule has 142 valence electrons. The van der Waals surface area contributed by atoms with Crippen LogP contribution >= 0.6 is 35.0 Å². The summed E-state index contributed by atoms with van der Waals surface area (Å²) in [7, 11) is 0. The number of benzene rings is 3. The van der Waals surface area contributed by atoms with E-state index in [2.05, 4.69) is 5.32 Å². The third-order valence-electron chi connectivity index (χ3n) is 4.40. The van der Waals surface area contributed by atoms with Crippen molar-refractivity contribution >= 4 is 52.4 Å². The number of anilines is 2. The monoisotopic (exact) mass is 432 g/mol. The average molecular weight is 433 g/mol. The Labute approximate surface area is 176 Å². The minimum absolute atomic E-state index is 0.250. The van der Waals surface area contributed by atoms with E-state index >= 15 is 0 Å². The van der Waals surface area contributed by atoms with Gasteiger partial charge in [-0.3, -0.25) is 4.90 Å². The van der Waals surface area contributed by atoms with Crippen LogP contribution in [0.1, 0.15) is 11.1 Å². The number of nitrogens with zero attached hydrogens (tertiary/aromatic N) is 1. The Morgan fingerprint density at radius 3 is 2.54 bits per heavy atom. The Kier molecular flexibility index (Phi) is 5.23. The van der Waals surface area contributed by atoms with Gasteiger partial charge >= 0.3 is 6.03 Å². The topological polar surface area (TPSA) is 32.3 Å². The summed E-state index contributed by atoms with van der Waals surface area (Å²) in [6, 6.07) is 15.6. The molecule has 1 aliphatic heterocycles. The number of carbonyl (C=O) groups excluding carboxylic acids is 1. The summed E-state index contributed by atoms with van der Waals surface area (Å²) in [5, 5.41) is 3.61. The van der Waals surface area contributed by atoms with Crippen LogP contribution in [0.2, 0.25) is 10.0 Å². The van der Waals surface area contributed by atoms with E-state index in [4.69, 9.17) is 23.2 Å². The molecule has 7 heteroatoms. The van der Waals surface area contributed by atoms with Gasteiger partial charge in [0.25, 0.3) is 0 Å². The van der Waals surface area contributed by atoms with E-state index in [-0.39, 0.29) is 11.8 Å². The second-order valence-electron chi connectivity index (χ2n) is 6.39. The van der Waals surface area contributed by atoms with Gasteiger partial charge in [0.15, 0.2) is 0 Å². The Morgan fingerprint density at radius 2 is 1.82 bits per heavy atom. The van der Waals surface area contributed by atoms with Gasteiger partial charge in [-0.05, 0) is 60.5 Å². The Balaban J connectivity index is 1.72. The largest absolute Gasteiger partial charge is 0.333 e. The van der Waals surface area contributed by atoms with E-state index < -0.39 is 0 Å². The quantitative estimate of drug-likeness (QED) is 0.485. The van der Waals surface area contributed by atoms with Crippen molar-refractivity contribution in [2.45, 2.75) is 23.3 Å². The third kappa shape index (κ3) is 3.58. The van der Waals surface area contributed by atoms with Crippen LogP contribution < -0.4 is 10.2 Å². The van der Waals surface area contributed by atoms with Crippen LogP contribution in [0.4, 0.5) is 20.6 Å². The number of fused-ring (bicyclic) bond motifs is 1.